The summed E-state index contributed by atoms with van der Waals surface area (Å²) < 4.78 is 7.22. The van der Waals surface area contributed by atoms with Crippen molar-refractivity contribution in [3.05, 3.63) is 59.8 Å². The highest BCUT2D eigenvalue weighted by molar-refractivity contribution is 6.00. The fourth-order valence-corrected chi connectivity index (χ4v) is 3.97. The number of Topliss-reactive ketones (excluding diaryl/α,β-unsaturated/α-hetero) is 1. The molecule has 7 heteroatoms. The SMILES string of the molecule is CC1(C)CC(=O)C2=C(C1)Nc1nc(-c3ccco3)nn1C2c1cccnc1. The predicted octanol–water partition coefficient (Wildman–Crippen LogP) is 3.59. The number of anilines is 1. The average Bonchev–Trinajstić information content (AvgIpc) is 3.29. The van der Waals surface area contributed by atoms with Gasteiger partial charge in [-0.1, -0.05) is 19.9 Å². The molecule has 1 aliphatic heterocycles. The Bertz CT molecular complexity index is 1050. The molecule has 27 heavy (non-hydrogen) atoms. The number of hydrogen-bond acceptors (Lipinski definition) is 6. The van der Waals surface area contributed by atoms with Crippen molar-refractivity contribution in [2.24, 2.45) is 5.41 Å². The van der Waals surface area contributed by atoms with Gasteiger partial charge < -0.3 is 9.73 Å². The molecule has 0 fully saturated rings. The summed E-state index contributed by atoms with van der Waals surface area (Å²) in [6.45, 7) is 4.23. The van der Waals surface area contributed by atoms with Gasteiger partial charge in [0.15, 0.2) is 11.5 Å². The van der Waals surface area contributed by atoms with Gasteiger partial charge in [0, 0.05) is 30.1 Å². The van der Waals surface area contributed by atoms with Crippen LogP contribution >= 0.6 is 0 Å². The molecule has 1 unspecified atom stereocenters. The van der Waals surface area contributed by atoms with Crippen LogP contribution < -0.4 is 5.32 Å². The Hall–Kier alpha value is -3.22. The van der Waals surface area contributed by atoms with Crippen molar-refractivity contribution < 1.29 is 9.21 Å². The number of fused-ring (bicyclic) bond motifs is 1. The molecule has 2 aliphatic rings. The standard InChI is InChI=1S/C20H19N5O2/c1-20(2)9-13-16(14(26)10-20)17(12-5-3-7-21-11-12)25-19(22-13)23-18(24-25)15-6-4-8-27-15/h3-8,11,17H,9-10H2,1-2H3,(H,22,23,24). The van der Waals surface area contributed by atoms with Crippen LogP contribution in [0.1, 0.15) is 38.3 Å². The molecule has 4 heterocycles. The first-order valence-electron chi connectivity index (χ1n) is 8.95. The molecule has 0 saturated carbocycles. The highest BCUT2D eigenvalue weighted by Gasteiger charge is 2.42. The second-order valence-electron chi connectivity index (χ2n) is 7.83. The van der Waals surface area contributed by atoms with Gasteiger partial charge in [-0.05, 0) is 35.6 Å². The highest BCUT2D eigenvalue weighted by atomic mass is 16.3. The molecular formula is C20H19N5O2. The van der Waals surface area contributed by atoms with E-state index in [9.17, 15) is 4.79 Å². The molecule has 1 N–H and O–H groups in total. The van der Waals surface area contributed by atoms with Gasteiger partial charge in [-0.3, -0.25) is 9.78 Å². The fraction of sp³-hybridized carbons (Fsp3) is 0.300. The summed E-state index contributed by atoms with van der Waals surface area (Å²) in [4.78, 5) is 21.9. The zero-order valence-corrected chi connectivity index (χ0v) is 15.1. The van der Waals surface area contributed by atoms with Crippen LogP contribution in [0.5, 0.6) is 0 Å². The summed E-state index contributed by atoms with van der Waals surface area (Å²) >= 11 is 0. The van der Waals surface area contributed by atoms with E-state index < -0.39 is 0 Å². The van der Waals surface area contributed by atoms with E-state index in [2.05, 4.69) is 34.2 Å². The lowest BCUT2D eigenvalue weighted by molar-refractivity contribution is -0.118. The van der Waals surface area contributed by atoms with Crippen molar-refractivity contribution in [1.82, 2.24) is 19.7 Å². The molecule has 7 nitrogen and oxygen atoms in total. The van der Waals surface area contributed by atoms with Gasteiger partial charge in [-0.2, -0.15) is 4.98 Å². The van der Waals surface area contributed by atoms with Crippen LogP contribution in [-0.2, 0) is 4.79 Å². The Labute approximate surface area is 156 Å². The number of allylic oxidation sites excluding steroid dienone is 2. The van der Waals surface area contributed by atoms with E-state index in [1.165, 1.54) is 0 Å². The number of hydrogen-bond donors (Lipinski definition) is 1. The van der Waals surface area contributed by atoms with Gasteiger partial charge in [0.05, 0.1) is 6.26 Å². The number of carbonyl (C=O) groups excluding carboxylic acids is 1. The topological polar surface area (TPSA) is 85.8 Å². The zero-order valence-electron chi connectivity index (χ0n) is 15.1. The molecule has 3 aromatic rings. The van der Waals surface area contributed by atoms with E-state index >= 15 is 0 Å². The van der Waals surface area contributed by atoms with E-state index in [0.29, 0.717) is 24.0 Å². The molecular weight excluding hydrogens is 342 g/mol. The predicted molar refractivity (Wildman–Crippen MR) is 98.8 cm³/mol. The normalized spacial score (nSPS) is 20.8. The van der Waals surface area contributed by atoms with E-state index in [1.54, 1.807) is 29.4 Å². The Kier molecular flexibility index (Phi) is 3.34. The molecule has 3 aromatic heterocycles. The van der Waals surface area contributed by atoms with Gasteiger partial charge in [0.2, 0.25) is 11.8 Å². The number of aromatic nitrogens is 4. The maximum atomic E-state index is 13.1. The van der Waals surface area contributed by atoms with Crippen molar-refractivity contribution in [2.45, 2.75) is 32.7 Å². The van der Waals surface area contributed by atoms with Crippen molar-refractivity contribution in [3.63, 3.8) is 0 Å². The Morgan fingerprint density at radius 3 is 2.89 bits per heavy atom. The van der Waals surface area contributed by atoms with Crippen molar-refractivity contribution in [3.8, 4) is 11.6 Å². The fourth-order valence-electron chi connectivity index (χ4n) is 3.97. The summed E-state index contributed by atoms with van der Waals surface area (Å²) in [7, 11) is 0. The smallest absolute Gasteiger partial charge is 0.227 e. The first-order valence-corrected chi connectivity index (χ1v) is 8.95. The van der Waals surface area contributed by atoms with Crippen LogP contribution in [0.4, 0.5) is 5.95 Å². The number of furan rings is 1. The zero-order chi connectivity index (χ0) is 18.6. The minimum absolute atomic E-state index is 0.0889. The molecule has 0 radical (unpaired) electrons. The Balaban J connectivity index is 1.70. The molecule has 0 saturated heterocycles. The molecule has 1 atom stereocenters. The number of ketones is 1. The van der Waals surface area contributed by atoms with Crippen LogP contribution in [0, 0.1) is 5.41 Å². The molecule has 1 aliphatic carbocycles. The molecule has 0 bridgehead atoms. The van der Waals surface area contributed by atoms with Crippen LogP contribution in [-0.4, -0.2) is 25.5 Å². The molecule has 0 spiro atoms. The summed E-state index contributed by atoms with van der Waals surface area (Å²) in [5.74, 6) is 1.83. The molecule has 5 rings (SSSR count). The second-order valence-corrected chi connectivity index (χ2v) is 7.83. The lowest BCUT2D eigenvalue weighted by atomic mass is 9.73. The lowest BCUT2D eigenvalue weighted by Gasteiger charge is -2.38. The number of carbonyl (C=O) groups is 1. The van der Waals surface area contributed by atoms with Gasteiger partial charge in [-0.15, -0.1) is 5.10 Å². The minimum Gasteiger partial charge on any atom is -0.461 e. The monoisotopic (exact) mass is 361 g/mol. The first kappa shape index (κ1) is 16.0. The van der Waals surface area contributed by atoms with Crippen LogP contribution in [0.3, 0.4) is 0 Å². The number of pyridine rings is 1. The van der Waals surface area contributed by atoms with Crippen LogP contribution in [0.15, 0.2) is 58.6 Å². The number of nitrogens with zero attached hydrogens (tertiary/aromatic N) is 4. The third-order valence-electron chi connectivity index (χ3n) is 5.07. The van der Waals surface area contributed by atoms with Gasteiger partial charge in [0.1, 0.15) is 6.04 Å². The van der Waals surface area contributed by atoms with Crippen LogP contribution in [0.25, 0.3) is 11.6 Å². The maximum Gasteiger partial charge on any atom is 0.227 e. The van der Waals surface area contributed by atoms with Crippen molar-refractivity contribution in [1.29, 1.82) is 0 Å². The molecule has 0 aromatic carbocycles. The van der Waals surface area contributed by atoms with Crippen LogP contribution in [0.2, 0.25) is 0 Å². The summed E-state index contributed by atoms with van der Waals surface area (Å²) in [6, 6.07) is 7.13. The average molecular weight is 361 g/mol. The second kappa shape index (κ2) is 5.64. The van der Waals surface area contributed by atoms with E-state index in [0.717, 1.165) is 23.3 Å². The maximum absolute atomic E-state index is 13.1. The Morgan fingerprint density at radius 1 is 1.26 bits per heavy atom. The third-order valence-corrected chi connectivity index (χ3v) is 5.07. The van der Waals surface area contributed by atoms with E-state index in [4.69, 9.17) is 4.42 Å². The first-order chi connectivity index (χ1) is 13.0. The molecule has 136 valence electrons. The van der Waals surface area contributed by atoms with Crippen molar-refractivity contribution >= 4 is 11.7 Å². The van der Waals surface area contributed by atoms with E-state index in [1.807, 2.05) is 18.2 Å². The van der Waals surface area contributed by atoms with Crippen molar-refractivity contribution in [2.75, 3.05) is 5.32 Å². The Morgan fingerprint density at radius 2 is 2.15 bits per heavy atom. The summed E-state index contributed by atoms with van der Waals surface area (Å²) in [5, 5.41) is 8.00. The summed E-state index contributed by atoms with van der Waals surface area (Å²) in [5.41, 5.74) is 2.51. The quantitative estimate of drug-likeness (QED) is 0.751. The molecule has 0 amide bonds. The highest BCUT2D eigenvalue weighted by Crippen LogP contribution is 2.45. The van der Waals surface area contributed by atoms with E-state index in [-0.39, 0.29) is 17.2 Å². The largest absolute Gasteiger partial charge is 0.461 e. The number of nitrogens with one attached hydrogen (secondary N) is 1. The third kappa shape index (κ3) is 2.58. The summed E-state index contributed by atoms with van der Waals surface area (Å²) in [6.07, 6.45) is 6.40. The van der Waals surface area contributed by atoms with Gasteiger partial charge >= 0.3 is 0 Å². The minimum atomic E-state index is -0.343. The van der Waals surface area contributed by atoms with Gasteiger partial charge in [0.25, 0.3) is 0 Å². The van der Waals surface area contributed by atoms with Gasteiger partial charge in [-0.25, -0.2) is 4.68 Å². The number of rotatable bonds is 2. The lowest BCUT2D eigenvalue weighted by Crippen LogP contribution is -2.36.